The molecular weight excluding hydrogens is 356 g/mol. The van der Waals surface area contributed by atoms with Crippen LogP contribution in [0.1, 0.15) is 18.1 Å². The van der Waals surface area contributed by atoms with Gasteiger partial charge in [-0.05, 0) is 23.3 Å². The van der Waals surface area contributed by atoms with E-state index < -0.39 is 15.8 Å². The van der Waals surface area contributed by atoms with Crippen LogP contribution in [0.2, 0.25) is 0 Å². The van der Waals surface area contributed by atoms with Crippen LogP contribution in [0.15, 0.2) is 35.3 Å². The third-order valence-electron chi connectivity index (χ3n) is 4.11. The normalized spacial score (nSPS) is 11.3. The van der Waals surface area contributed by atoms with Crippen LogP contribution < -0.4 is 11.3 Å². The number of pyridine rings is 1. The van der Waals surface area contributed by atoms with E-state index in [4.69, 9.17) is 10.5 Å². The molecule has 0 amide bonds. The van der Waals surface area contributed by atoms with Crippen molar-refractivity contribution in [1.82, 2.24) is 4.57 Å². The molecule has 7 nitrogen and oxygen atoms in total. The molecule has 0 spiro atoms. The maximum absolute atomic E-state index is 12.0. The first-order chi connectivity index (χ1) is 12.2. The Morgan fingerprint density at radius 3 is 2.54 bits per heavy atom. The lowest BCUT2D eigenvalue weighted by Gasteiger charge is -2.14. The molecule has 0 bridgehead atoms. The number of anilines is 1. The van der Waals surface area contributed by atoms with Crippen LogP contribution >= 0.6 is 0 Å². The number of nitrogen functional groups attached to an aromatic ring is 1. The van der Waals surface area contributed by atoms with Gasteiger partial charge in [0, 0.05) is 41.9 Å². The lowest BCUT2D eigenvalue weighted by atomic mass is 9.97. The molecule has 1 aromatic heterocycles. The highest BCUT2D eigenvalue weighted by molar-refractivity contribution is 7.90. The van der Waals surface area contributed by atoms with Crippen LogP contribution in [-0.4, -0.2) is 31.8 Å². The summed E-state index contributed by atoms with van der Waals surface area (Å²) in [4.78, 5) is 23.7. The fourth-order valence-electron chi connectivity index (χ4n) is 2.57. The largest absolute Gasteiger partial charge is 0.469 e. The number of carbonyl (C=O) groups excluding carboxylic acids is 1. The van der Waals surface area contributed by atoms with Crippen molar-refractivity contribution in [2.45, 2.75) is 19.1 Å². The zero-order valence-electron chi connectivity index (χ0n) is 15.0. The summed E-state index contributed by atoms with van der Waals surface area (Å²) in [5.41, 5.74) is 8.47. The Balaban J connectivity index is 2.61. The monoisotopic (exact) mass is 378 g/mol. The molecule has 0 radical (unpaired) electrons. The predicted molar refractivity (Wildman–Crippen MR) is 100 cm³/mol. The van der Waals surface area contributed by atoms with Gasteiger partial charge in [-0.1, -0.05) is 13.0 Å². The SMILES string of the molecule is CCS(=O)(=O)Cc1ccc(N)c(-c2cn(C)c(=O)cc2CC(=O)OC)c1. The quantitative estimate of drug-likeness (QED) is 0.599. The number of aromatic nitrogens is 1. The van der Waals surface area contributed by atoms with Gasteiger partial charge in [0.05, 0.1) is 19.3 Å². The number of ether oxygens (including phenoxy) is 1. The standard InChI is InChI=1S/C18H22N2O5S/c1-4-26(23,24)11-12-5-6-16(19)14(7-12)15-10-20(2)17(21)8-13(15)9-18(22)25-3/h5-8,10H,4,9,11,19H2,1-3H3. The van der Waals surface area contributed by atoms with Crippen molar-refractivity contribution >= 4 is 21.5 Å². The number of nitrogens with two attached hydrogens (primary N) is 1. The van der Waals surface area contributed by atoms with Crippen LogP contribution in [0.25, 0.3) is 11.1 Å². The fourth-order valence-corrected chi connectivity index (χ4v) is 3.46. The number of aryl methyl sites for hydroxylation is 1. The molecule has 0 saturated carbocycles. The smallest absolute Gasteiger partial charge is 0.310 e. The van der Waals surface area contributed by atoms with Crippen molar-refractivity contribution in [3.8, 4) is 11.1 Å². The first-order valence-electron chi connectivity index (χ1n) is 8.02. The molecule has 26 heavy (non-hydrogen) atoms. The van der Waals surface area contributed by atoms with Crippen LogP contribution in [0.3, 0.4) is 0 Å². The van der Waals surface area contributed by atoms with Gasteiger partial charge in [-0.3, -0.25) is 9.59 Å². The second-order valence-corrected chi connectivity index (χ2v) is 8.37. The van der Waals surface area contributed by atoms with Crippen molar-refractivity contribution in [3.63, 3.8) is 0 Å². The van der Waals surface area contributed by atoms with E-state index >= 15 is 0 Å². The Morgan fingerprint density at radius 2 is 1.92 bits per heavy atom. The summed E-state index contributed by atoms with van der Waals surface area (Å²) in [5.74, 6) is -0.544. The fraction of sp³-hybridized carbons (Fsp3) is 0.333. The number of esters is 1. The number of sulfone groups is 1. The van der Waals surface area contributed by atoms with Crippen molar-refractivity contribution in [2.24, 2.45) is 7.05 Å². The highest BCUT2D eigenvalue weighted by Crippen LogP contribution is 2.30. The number of hydrogen-bond acceptors (Lipinski definition) is 6. The van der Waals surface area contributed by atoms with E-state index in [2.05, 4.69) is 0 Å². The third kappa shape index (κ3) is 4.51. The number of nitrogens with zero attached hydrogens (tertiary/aromatic N) is 1. The summed E-state index contributed by atoms with van der Waals surface area (Å²) in [6.07, 6.45) is 1.50. The molecule has 8 heteroatoms. The Hall–Kier alpha value is -2.61. The molecule has 0 saturated heterocycles. The van der Waals surface area contributed by atoms with E-state index in [9.17, 15) is 18.0 Å². The molecule has 2 N–H and O–H groups in total. The minimum absolute atomic E-state index is 0.0418. The number of carbonyl (C=O) groups is 1. The lowest BCUT2D eigenvalue weighted by Crippen LogP contribution is -2.18. The molecule has 0 atom stereocenters. The maximum atomic E-state index is 12.0. The van der Waals surface area contributed by atoms with Gasteiger partial charge in [0.15, 0.2) is 9.84 Å². The Bertz CT molecular complexity index is 993. The van der Waals surface area contributed by atoms with Gasteiger partial charge < -0.3 is 15.0 Å². The molecule has 0 aliphatic heterocycles. The predicted octanol–water partition coefficient (Wildman–Crippen LogP) is 1.28. The average molecular weight is 378 g/mol. The minimum atomic E-state index is -3.20. The van der Waals surface area contributed by atoms with Gasteiger partial charge in [-0.2, -0.15) is 0 Å². The number of methoxy groups -OCH3 is 1. The van der Waals surface area contributed by atoms with Crippen molar-refractivity contribution < 1.29 is 17.9 Å². The van der Waals surface area contributed by atoms with Gasteiger partial charge in [-0.25, -0.2) is 8.42 Å². The van der Waals surface area contributed by atoms with Gasteiger partial charge in [-0.15, -0.1) is 0 Å². The highest BCUT2D eigenvalue weighted by Gasteiger charge is 2.16. The summed E-state index contributed by atoms with van der Waals surface area (Å²) in [7, 11) is -0.338. The summed E-state index contributed by atoms with van der Waals surface area (Å²) < 4.78 is 29.9. The molecule has 0 unspecified atom stereocenters. The Morgan fingerprint density at radius 1 is 1.23 bits per heavy atom. The van der Waals surface area contributed by atoms with Crippen LogP contribution in [-0.2, 0) is 38.6 Å². The lowest BCUT2D eigenvalue weighted by molar-refractivity contribution is -0.139. The maximum Gasteiger partial charge on any atom is 0.310 e. The van der Waals surface area contributed by atoms with Gasteiger partial charge in [0.2, 0.25) is 0 Å². The van der Waals surface area contributed by atoms with Crippen molar-refractivity contribution in [2.75, 3.05) is 18.6 Å². The molecule has 2 rings (SSSR count). The zero-order valence-corrected chi connectivity index (χ0v) is 15.8. The van der Waals surface area contributed by atoms with E-state index in [1.807, 2.05) is 0 Å². The number of rotatable bonds is 6. The highest BCUT2D eigenvalue weighted by atomic mass is 32.2. The van der Waals surface area contributed by atoms with E-state index in [0.29, 0.717) is 27.9 Å². The van der Waals surface area contributed by atoms with E-state index in [0.717, 1.165) is 0 Å². The van der Waals surface area contributed by atoms with Crippen LogP contribution in [0.5, 0.6) is 0 Å². The summed E-state index contributed by atoms with van der Waals surface area (Å²) in [6.45, 7) is 1.59. The second-order valence-electron chi connectivity index (χ2n) is 6.01. The van der Waals surface area contributed by atoms with E-state index in [1.54, 1.807) is 38.4 Å². The van der Waals surface area contributed by atoms with Crippen molar-refractivity contribution in [3.05, 3.63) is 51.9 Å². The Labute approximate surface area is 152 Å². The molecule has 1 heterocycles. The van der Waals surface area contributed by atoms with E-state index in [1.165, 1.54) is 17.7 Å². The number of hydrogen-bond donors (Lipinski definition) is 1. The molecule has 0 aliphatic rings. The average Bonchev–Trinajstić information content (AvgIpc) is 2.59. The molecule has 1 aromatic carbocycles. The molecule has 2 aromatic rings. The van der Waals surface area contributed by atoms with Crippen LogP contribution in [0, 0.1) is 0 Å². The first-order valence-corrected chi connectivity index (χ1v) is 9.84. The van der Waals surface area contributed by atoms with Gasteiger partial charge >= 0.3 is 5.97 Å². The second kappa shape index (κ2) is 7.74. The Kier molecular flexibility index (Phi) is 5.86. The summed E-state index contributed by atoms with van der Waals surface area (Å²) in [5, 5.41) is 0. The molecule has 0 fully saturated rings. The van der Waals surface area contributed by atoms with Crippen molar-refractivity contribution in [1.29, 1.82) is 0 Å². The summed E-state index contributed by atoms with van der Waals surface area (Å²) >= 11 is 0. The van der Waals surface area contributed by atoms with Crippen LogP contribution in [0.4, 0.5) is 5.69 Å². The summed E-state index contributed by atoms with van der Waals surface area (Å²) in [6, 6.07) is 6.33. The minimum Gasteiger partial charge on any atom is -0.469 e. The molecule has 0 aliphatic carbocycles. The molecular formula is C18H22N2O5S. The topological polar surface area (TPSA) is 108 Å². The first kappa shape index (κ1) is 19.7. The number of benzene rings is 1. The van der Waals surface area contributed by atoms with Gasteiger partial charge in [0.25, 0.3) is 5.56 Å². The van der Waals surface area contributed by atoms with Gasteiger partial charge in [0.1, 0.15) is 0 Å². The van der Waals surface area contributed by atoms with E-state index in [-0.39, 0.29) is 23.5 Å². The zero-order chi connectivity index (χ0) is 19.5. The molecule has 140 valence electrons. The third-order valence-corrected chi connectivity index (χ3v) is 5.76.